The zero-order chi connectivity index (χ0) is 12.5. The van der Waals surface area contributed by atoms with Gasteiger partial charge in [-0.1, -0.05) is 6.07 Å². The van der Waals surface area contributed by atoms with Gasteiger partial charge in [-0.2, -0.15) is 0 Å². The molecule has 0 unspecified atom stereocenters. The summed E-state index contributed by atoms with van der Waals surface area (Å²) in [6.07, 6.45) is 0.543. The maximum atomic E-state index is 11.7. The number of carbonyl (C=O) groups excluding carboxylic acids is 1. The molecule has 0 aliphatic carbocycles. The van der Waals surface area contributed by atoms with Crippen LogP contribution in [0.3, 0.4) is 0 Å². The SMILES string of the molecule is COSOc1cccc(C(=O)NCCCO)c1. The van der Waals surface area contributed by atoms with Crippen molar-refractivity contribution >= 4 is 18.2 Å². The fourth-order valence-corrected chi connectivity index (χ4v) is 1.40. The fraction of sp³-hybridized carbons (Fsp3) is 0.364. The first kappa shape index (κ1) is 13.8. The molecular weight excluding hydrogens is 242 g/mol. The van der Waals surface area contributed by atoms with Crippen molar-refractivity contribution in [1.82, 2.24) is 5.32 Å². The van der Waals surface area contributed by atoms with Crippen molar-refractivity contribution in [1.29, 1.82) is 0 Å². The lowest BCUT2D eigenvalue weighted by atomic mass is 10.2. The lowest BCUT2D eigenvalue weighted by molar-refractivity contribution is 0.0951. The van der Waals surface area contributed by atoms with E-state index in [-0.39, 0.29) is 12.5 Å². The average Bonchev–Trinajstić information content (AvgIpc) is 2.37. The van der Waals surface area contributed by atoms with Crippen molar-refractivity contribution in [2.24, 2.45) is 0 Å². The van der Waals surface area contributed by atoms with E-state index in [0.29, 0.717) is 24.3 Å². The van der Waals surface area contributed by atoms with Crippen LogP contribution in [0.5, 0.6) is 5.75 Å². The highest BCUT2D eigenvalue weighted by molar-refractivity contribution is 7.90. The van der Waals surface area contributed by atoms with Gasteiger partial charge in [0.05, 0.1) is 7.11 Å². The van der Waals surface area contributed by atoms with E-state index in [1.807, 2.05) is 0 Å². The van der Waals surface area contributed by atoms with Crippen molar-refractivity contribution in [3.05, 3.63) is 29.8 Å². The molecule has 0 heterocycles. The van der Waals surface area contributed by atoms with Crippen LogP contribution in [0.1, 0.15) is 16.8 Å². The van der Waals surface area contributed by atoms with E-state index in [2.05, 4.69) is 5.32 Å². The monoisotopic (exact) mass is 257 g/mol. The molecule has 5 nitrogen and oxygen atoms in total. The second-order valence-corrected chi connectivity index (χ2v) is 3.82. The van der Waals surface area contributed by atoms with Crippen molar-refractivity contribution < 1.29 is 18.3 Å². The maximum absolute atomic E-state index is 11.7. The molecule has 0 saturated carbocycles. The first-order valence-corrected chi connectivity index (χ1v) is 5.81. The third-order valence-electron chi connectivity index (χ3n) is 1.91. The number of amides is 1. The van der Waals surface area contributed by atoms with Gasteiger partial charge < -0.3 is 14.6 Å². The van der Waals surface area contributed by atoms with Crippen LogP contribution in [-0.4, -0.2) is 31.3 Å². The van der Waals surface area contributed by atoms with E-state index in [4.69, 9.17) is 13.5 Å². The van der Waals surface area contributed by atoms with E-state index < -0.39 is 0 Å². The molecule has 1 aromatic carbocycles. The van der Waals surface area contributed by atoms with Crippen LogP contribution in [0.4, 0.5) is 0 Å². The first-order chi connectivity index (χ1) is 8.27. The number of aliphatic hydroxyl groups is 1. The number of benzene rings is 1. The lowest BCUT2D eigenvalue weighted by Crippen LogP contribution is -2.24. The highest BCUT2D eigenvalue weighted by atomic mass is 32.2. The first-order valence-electron chi connectivity index (χ1n) is 5.14. The van der Waals surface area contributed by atoms with Crippen LogP contribution >= 0.6 is 12.3 Å². The molecule has 0 aromatic heterocycles. The molecule has 0 radical (unpaired) electrons. The molecule has 2 N–H and O–H groups in total. The molecule has 94 valence electrons. The Labute approximate surface area is 105 Å². The van der Waals surface area contributed by atoms with E-state index in [9.17, 15) is 4.79 Å². The summed E-state index contributed by atoms with van der Waals surface area (Å²) in [6, 6.07) is 6.78. The Bertz CT molecular complexity index is 359. The van der Waals surface area contributed by atoms with Gasteiger partial charge in [0.2, 0.25) is 12.3 Å². The Morgan fingerprint density at radius 1 is 1.53 bits per heavy atom. The Hall–Kier alpha value is -1.24. The molecular formula is C11H15NO4S. The minimum absolute atomic E-state index is 0.0634. The highest BCUT2D eigenvalue weighted by Gasteiger charge is 2.06. The second-order valence-electron chi connectivity index (χ2n) is 3.18. The maximum Gasteiger partial charge on any atom is 0.251 e. The molecule has 0 aliphatic heterocycles. The van der Waals surface area contributed by atoms with Crippen molar-refractivity contribution in [3.63, 3.8) is 0 Å². The summed E-state index contributed by atoms with van der Waals surface area (Å²) in [4.78, 5) is 11.7. The van der Waals surface area contributed by atoms with Crippen molar-refractivity contribution in [3.8, 4) is 5.75 Å². The van der Waals surface area contributed by atoms with Gasteiger partial charge in [-0.05, 0) is 24.6 Å². The van der Waals surface area contributed by atoms with Crippen LogP contribution in [0, 0.1) is 0 Å². The van der Waals surface area contributed by atoms with Crippen molar-refractivity contribution in [2.75, 3.05) is 20.3 Å². The summed E-state index contributed by atoms with van der Waals surface area (Å²) >= 11 is 0.838. The number of hydrogen-bond acceptors (Lipinski definition) is 5. The molecule has 1 aromatic rings. The number of hydrogen-bond donors (Lipinski definition) is 2. The van der Waals surface area contributed by atoms with E-state index in [0.717, 1.165) is 12.3 Å². The zero-order valence-corrected chi connectivity index (χ0v) is 10.3. The molecule has 0 bridgehead atoms. The van der Waals surface area contributed by atoms with Gasteiger partial charge in [0.1, 0.15) is 5.75 Å². The summed E-state index contributed by atoms with van der Waals surface area (Å²) < 4.78 is 9.84. The number of aliphatic hydroxyl groups excluding tert-OH is 1. The van der Waals surface area contributed by atoms with Crippen LogP contribution < -0.4 is 9.50 Å². The average molecular weight is 257 g/mol. The summed E-state index contributed by atoms with van der Waals surface area (Å²) in [6.45, 7) is 0.515. The summed E-state index contributed by atoms with van der Waals surface area (Å²) in [5.41, 5.74) is 0.511. The highest BCUT2D eigenvalue weighted by Crippen LogP contribution is 2.18. The number of nitrogens with one attached hydrogen (secondary N) is 1. The molecule has 1 rings (SSSR count). The van der Waals surface area contributed by atoms with Crippen molar-refractivity contribution in [2.45, 2.75) is 6.42 Å². The Morgan fingerprint density at radius 3 is 3.06 bits per heavy atom. The second kappa shape index (κ2) is 7.94. The zero-order valence-electron chi connectivity index (χ0n) is 9.51. The van der Waals surface area contributed by atoms with E-state index >= 15 is 0 Å². The minimum Gasteiger partial charge on any atom is -0.400 e. The van der Waals surface area contributed by atoms with Crippen LogP contribution in [0.2, 0.25) is 0 Å². The number of rotatable bonds is 7. The Balaban J connectivity index is 2.54. The molecule has 0 spiro atoms. The van der Waals surface area contributed by atoms with Gasteiger partial charge in [0.15, 0.2) is 0 Å². The van der Waals surface area contributed by atoms with Gasteiger partial charge in [0, 0.05) is 18.7 Å². The van der Waals surface area contributed by atoms with Gasteiger partial charge in [-0.15, -0.1) is 0 Å². The van der Waals surface area contributed by atoms with Crippen LogP contribution in [-0.2, 0) is 4.18 Å². The largest absolute Gasteiger partial charge is 0.400 e. The van der Waals surface area contributed by atoms with Gasteiger partial charge >= 0.3 is 0 Å². The predicted molar refractivity (Wildman–Crippen MR) is 65.7 cm³/mol. The van der Waals surface area contributed by atoms with Crippen LogP contribution in [0.25, 0.3) is 0 Å². The Kier molecular flexibility index (Phi) is 6.46. The number of carbonyl (C=O) groups is 1. The smallest absolute Gasteiger partial charge is 0.251 e. The van der Waals surface area contributed by atoms with Crippen LogP contribution in [0.15, 0.2) is 24.3 Å². The van der Waals surface area contributed by atoms with Gasteiger partial charge in [-0.3, -0.25) is 8.98 Å². The molecule has 0 saturated heterocycles. The van der Waals surface area contributed by atoms with E-state index in [1.54, 1.807) is 24.3 Å². The lowest BCUT2D eigenvalue weighted by Gasteiger charge is -2.06. The summed E-state index contributed by atoms with van der Waals surface area (Å²) in [5, 5.41) is 11.3. The summed E-state index contributed by atoms with van der Waals surface area (Å²) in [7, 11) is 1.50. The third-order valence-corrected chi connectivity index (χ3v) is 2.31. The minimum atomic E-state index is -0.189. The summed E-state index contributed by atoms with van der Waals surface area (Å²) in [5.74, 6) is 0.359. The molecule has 1 amide bonds. The molecule has 0 fully saturated rings. The Morgan fingerprint density at radius 2 is 2.35 bits per heavy atom. The molecule has 17 heavy (non-hydrogen) atoms. The molecule has 0 atom stereocenters. The van der Waals surface area contributed by atoms with E-state index in [1.165, 1.54) is 7.11 Å². The standard InChI is InChI=1S/C11H15NO4S/c1-15-17-16-10-5-2-4-9(8-10)11(14)12-6-3-7-13/h2,4-5,8,13H,3,6-7H2,1H3,(H,12,14). The normalized spacial score (nSPS) is 10.0. The van der Waals surface area contributed by atoms with Gasteiger partial charge in [0.25, 0.3) is 5.91 Å². The van der Waals surface area contributed by atoms with Gasteiger partial charge in [-0.25, -0.2) is 0 Å². The predicted octanol–water partition coefficient (Wildman–Crippen LogP) is 1.39. The molecule has 0 aliphatic rings. The quantitative estimate of drug-likeness (QED) is 0.570. The third kappa shape index (κ3) is 5.08. The topological polar surface area (TPSA) is 67.8 Å². The molecule has 6 heteroatoms. The fourth-order valence-electron chi connectivity index (χ4n) is 1.15.